The number of halogens is 1. The van der Waals surface area contributed by atoms with Gasteiger partial charge in [0.25, 0.3) is 15.9 Å². The lowest BCUT2D eigenvalue weighted by Gasteiger charge is -2.17. The molecular weight excluding hydrogens is 470 g/mol. The van der Waals surface area contributed by atoms with Crippen molar-refractivity contribution in [3.63, 3.8) is 0 Å². The number of rotatable bonds is 7. The summed E-state index contributed by atoms with van der Waals surface area (Å²) in [5.74, 6) is -0.372. The Hall–Kier alpha value is -3.03. The van der Waals surface area contributed by atoms with Crippen LogP contribution in [0.4, 0.5) is 11.4 Å². The fourth-order valence-electron chi connectivity index (χ4n) is 3.98. The van der Waals surface area contributed by atoms with Gasteiger partial charge in [-0.2, -0.15) is 0 Å². The topological polar surface area (TPSA) is 78.5 Å². The molecular formula is C26H28ClN3O3S. The van der Waals surface area contributed by atoms with Crippen molar-refractivity contribution in [1.29, 1.82) is 0 Å². The SMILES string of the molecule is Cc1ccc(C)c(NS(=O)(=O)c2cc(C(=O)NCc3ccc(N4CCCC4)cc3)ccc2Cl)c1. The Morgan fingerprint density at radius 2 is 1.68 bits per heavy atom. The molecule has 0 unspecified atom stereocenters. The predicted octanol–water partition coefficient (Wildman–Crippen LogP) is 5.29. The van der Waals surface area contributed by atoms with Crippen molar-refractivity contribution in [1.82, 2.24) is 5.32 Å². The Balaban J connectivity index is 1.46. The molecule has 2 N–H and O–H groups in total. The van der Waals surface area contributed by atoms with Crippen molar-refractivity contribution in [3.8, 4) is 0 Å². The second-order valence-corrected chi connectivity index (χ2v) is 10.7. The van der Waals surface area contributed by atoms with Crippen molar-refractivity contribution in [3.05, 3.63) is 87.9 Å². The molecule has 34 heavy (non-hydrogen) atoms. The molecule has 1 heterocycles. The minimum Gasteiger partial charge on any atom is -0.372 e. The van der Waals surface area contributed by atoms with Crippen LogP contribution in [0.2, 0.25) is 5.02 Å². The van der Waals surface area contributed by atoms with E-state index in [1.165, 1.54) is 36.7 Å². The highest BCUT2D eigenvalue weighted by molar-refractivity contribution is 7.92. The van der Waals surface area contributed by atoms with Gasteiger partial charge in [0.05, 0.1) is 10.7 Å². The molecule has 0 spiro atoms. The third kappa shape index (κ3) is 5.54. The zero-order valence-electron chi connectivity index (χ0n) is 19.3. The summed E-state index contributed by atoms with van der Waals surface area (Å²) in [4.78, 5) is 15.0. The maximum atomic E-state index is 13.0. The third-order valence-electron chi connectivity index (χ3n) is 5.98. The van der Waals surface area contributed by atoms with Gasteiger partial charge in [0.2, 0.25) is 0 Å². The van der Waals surface area contributed by atoms with E-state index in [0.717, 1.165) is 29.8 Å². The maximum absolute atomic E-state index is 13.0. The van der Waals surface area contributed by atoms with E-state index in [1.54, 1.807) is 6.07 Å². The molecule has 1 aliphatic heterocycles. The number of aryl methyl sites for hydroxylation is 2. The summed E-state index contributed by atoms with van der Waals surface area (Å²) in [6, 6.07) is 17.9. The summed E-state index contributed by atoms with van der Waals surface area (Å²) in [6.45, 7) is 6.20. The Bertz CT molecular complexity index is 1300. The van der Waals surface area contributed by atoms with Crippen LogP contribution in [-0.4, -0.2) is 27.4 Å². The van der Waals surface area contributed by atoms with Crippen molar-refractivity contribution in [2.24, 2.45) is 0 Å². The molecule has 0 aliphatic carbocycles. The third-order valence-corrected chi connectivity index (χ3v) is 7.83. The average Bonchev–Trinajstić information content (AvgIpc) is 3.35. The van der Waals surface area contributed by atoms with Crippen LogP contribution in [0.5, 0.6) is 0 Å². The fourth-order valence-corrected chi connectivity index (χ4v) is 5.63. The number of nitrogens with one attached hydrogen (secondary N) is 2. The minimum atomic E-state index is -3.99. The number of hydrogen-bond donors (Lipinski definition) is 2. The van der Waals surface area contributed by atoms with E-state index in [1.807, 2.05) is 38.1 Å². The van der Waals surface area contributed by atoms with Crippen LogP contribution in [0.15, 0.2) is 65.6 Å². The zero-order chi connectivity index (χ0) is 24.3. The lowest BCUT2D eigenvalue weighted by atomic mass is 10.1. The first-order valence-corrected chi connectivity index (χ1v) is 13.1. The number of amides is 1. The van der Waals surface area contributed by atoms with Crippen LogP contribution in [0.1, 0.15) is 39.9 Å². The van der Waals surface area contributed by atoms with Crippen LogP contribution >= 0.6 is 11.6 Å². The highest BCUT2D eigenvalue weighted by Crippen LogP contribution is 2.27. The first-order valence-electron chi connectivity index (χ1n) is 11.2. The van der Waals surface area contributed by atoms with Gasteiger partial charge in [0.15, 0.2) is 0 Å². The van der Waals surface area contributed by atoms with Gasteiger partial charge in [-0.15, -0.1) is 0 Å². The van der Waals surface area contributed by atoms with E-state index in [9.17, 15) is 13.2 Å². The van der Waals surface area contributed by atoms with Crippen molar-refractivity contribution in [2.75, 3.05) is 22.7 Å². The largest absolute Gasteiger partial charge is 0.372 e. The number of carbonyl (C=O) groups excluding carboxylic acids is 1. The van der Waals surface area contributed by atoms with Gasteiger partial charge in [-0.25, -0.2) is 8.42 Å². The standard InChI is InChI=1S/C26H28ClN3O3S/c1-18-5-6-19(2)24(15-18)29-34(32,33)25-16-21(9-12-23(25)27)26(31)28-17-20-7-10-22(11-8-20)30-13-3-4-14-30/h5-12,15-16,29H,3-4,13-14,17H2,1-2H3,(H,28,31). The Morgan fingerprint density at radius 3 is 2.38 bits per heavy atom. The quantitative estimate of drug-likeness (QED) is 0.465. The van der Waals surface area contributed by atoms with Gasteiger partial charge in [-0.05, 0) is 79.8 Å². The molecule has 4 rings (SSSR count). The second kappa shape index (κ2) is 10.1. The summed E-state index contributed by atoms with van der Waals surface area (Å²) in [5.41, 5.74) is 4.57. The monoisotopic (exact) mass is 497 g/mol. The molecule has 1 fully saturated rings. The van der Waals surface area contributed by atoms with Gasteiger partial charge in [-0.3, -0.25) is 9.52 Å². The highest BCUT2D eigenvalue weighted by Gasteiger charge is 2.21. The number of nitrogens with zero attached hydrogens (tertiary/aromatic N) is 1. The van der Waals surface area contributed by atoms with E-state index in [0.29, 0.717) is 12.2 Å². The summed E-state index contributed by atoms with van der Waals surface area (Å²) in [6.07, 6.45) is 2.44. The predicted molar refractivity (Wildman–Crippen MR) is 137 cm³/mol. The summed E-state index contributed by atoms with van der Waals surface area (Å²) < 4.78 is 28.7. The number of benzene rings is 3. The van der Waals surface area contributed by atoms with E-state index in [2.05, 4.69) is 27.1 Å². The van der Waals surface area contributed by atoms with Crippen LogP contribution in [0, 0.1) is 13.8 Å². The van der Waals surface area contributed by atoms with E-state index in [4.69, 9.17) is 11.6 Å². The van der Waals surface area contributed by atoms with E-state index < -0.39 is 10.0 Å². The van der Waals surface area contributed by atoms with Gasteiger partial charge in [0.1, 0.15) is 4.90 Å². The summed E-state index contributed by atoms with van der Waals surface area (Å²) in [5, 5.41) is 2.91. The van der Waals surface area contributed by atoms with Crippen LogP contribution in [0.3, 0.4) is 0 Å². The molecule has 0 saturated carbocycles. The molecule has 0 atom stereocenters. The molecule has 0 bridgehead atoms. The van der Waals surface area contributed by atoms with E-state index >= 15 is 0 Å². The lowest BCUT2D eigenvalue weighted by molar-refractivity contribution is 0.0950. The van der Waals surface area contributed by atoms with Gasteiger partial charge in [-0.1, -0.05) is 35.9 Å². The summed E-state index contributed by atoms with van der Waals surface area (Å²) in [7, 11) is -3.99. The molecule has 3 aromatic carbocycles. The van der Waals surface area contributed by atoms with Crippen molar-refractivity contribution >= 4 is 38.9 Å². The smallest absolute Gasteiger partial charge is 0.263 e. The molecule has 6 nitrogen and oxygen atoms in total. The number of sulfonamides is 1. The normalized spacial score (nSPS) is 13.7. The van der Waals surface area contributed by atoms with Crippen LogP contribution in [0.25, 0.3) is 0 Å². The van der Waals surface area contributed by atoms with E-state index in [-0.39, 0.29) is 21.4 Å². The Kier molecular flexibility index (Phi) is 7.14. The fraction of sp³-hybridized carbons (Fsp3) is 0.269. The molecule has 0 aromatic heterocycles. The maximum Gasteiger partial charge on any atom is 0.263 e. The molecule has 3 aromatic rings. The summed E-state index contributed by atoms with van der Waals surface area (Å²) >= 11 is 6.21. The molecule has 178 valence electrons. The Labute approximate surface area is 206 Å². The number of anilines is 2. The Morgan fingerprint density at radius 1 is 0.971 bits per heavy atom. The first-order chi connectivity index (χ1) is 16.2. The number of carbonyl (C=O) groups is 1. The molecule has 1 amide bonds. The second-order valence-electron chi connectivity index (χ2n) is 8.61. The van der Waals surface area contributed by atoms with Crippen LogP contribution in [-0.2, 0) is 16.6 Å². The molecule has 1 aliphatic rings. The van der Waals surface area contributed by atoms with Gasteiger partial charge >= 0.3 is 0 Å². The molecule has 0 radical (unpaired) electrons. The van der Waals surface area contributed by atoms with Crippen LogP contribution < -0.4 is 14.9 Å². The average molecular weight is 498 g/mol. The highest BCUT2D eigenvalue weighted by atomic mass is 35.5. The zero-order valence-corrected chi connectivity index (χ0v) is 20.8. The van der Waals surface area contributed by atoms with Crippen molar-refractivity contribution in [2.45, 2.75) is 38.1 Å². The van der Waals surface area contributed by atoms with Gasteiger partial charge in [0, 0.05) is 30.9 Å². The first kappa shape index (κ1) is 24.1. The van der Waals surface area contributed by atoms with Gasteiger partial charge < -0.3 is 10.2 Å². The number of hydrogen-bond acceptors (Lipinski definition) is 4. The molecule has 1 saturated heterocycles. The van der Waals surface area contributed by atoms with Crippen molar-refractivity contribution < 1.29 is 13.2 Å². The molecule has 8 heteroatoms. The lowest BCUT2D eigenvalue weighted by Crippen LogP contribution is -2.23. The minimum absolute atomic E-state index is 0.0480.